The molecule has 4 atom stereocenters. The average Bonchev–Trinajstić information content (AvgIpc) is 2.38. The average molecular weight is 240 g/mol. The smallest absolute Gasteiger partial charge is 0.0637 e. The molecule has 0 aromatic carbocycles. The van der Waals surface area contributed by atoms with Crippen molar-refractivity contribution in [2.75, 3.05) is 27.3 Å². The zero-order valence-electron chi connectivity index (χ0n) is 11.6. The third-order valence-corrected chi connectivity index (χ3v) is 4.81. The Morgan fingerprint density at radius 3 is 2.59 bits per heavy atom. The van der Waals surface area contributed by atoms with Gasteiger partial charge in [0, 0.05) is 24.7 Å². The first-order chi connectivity index (χ1) is 8.24. The van der Waals surface area contributed by atoms with Crippen LogP contribution >= 0.6 is 0 Å². The summed E-state index contributed by atoms with van der Waals surface area (Å²) in [6, 6.07) is 1.91. The minimum atomic E-state index is 0.555. The third-order valence-electron chi connectivity index (χ3n) is 4.81. The summed E-state index contributed by atoms with van der Waals surface area (Å²) in [5.41, 5.74) is 0. The van der Waals surface area contributed by atoms with Gasteiger partial charge >= 0.3 is 0 Å². The van der Waals surface area contributed by atoms with Crippen molar-refractivity contribution in [2.24, 2.45) is 5.92 Å². The van der Waals surface area contributed by atoms with E-state index in [1.165, 1.54) is 25.7 Å². The summed E-state index contributed by atoms with van der Waals surface area (Å²) < 4.78 is 5.68. The van der Waals surface area contributed by atoms with Gasteiger partial charge in [0.25, 0.3) is 0 Å². The quantitative estimate of drug-likeness (QED) is 0.815. The molecule has 0 amide bonds. The van der Waals surface area contributed by atoms with Crippen molar-refractivity contribution in [2.45, 2.75) is 57.2 Å². The van der Waals surface area contributed by atoms with Gasteiger partial charge in [-0.2, -0.15) is 0 Å². The van der Waals surface area contributed by atoms with E-state index < -0.39 is 0 Å². The second kappa shape index (κ2) is 6.17. The highest BCUT2D eigenvalue weighted by molar-refractivity contribution is 4.90. The first-order valence-corrected chi connectivity index (χ1v) is 7.21. The number of rotatable bonds is 3. The SMILES string of the molecule is CNC1CCOCC1N(C)C1CCCCC1C. The molecule has 1 saturated heterocycles. The van der Waals surface area contributed by atoms with Crippen LogP contribution in [0.15, 0.2) is 0 Å². The number of likely N-dealkylation sites (N-methyl/N-ethyl adjacent to an activating group) is 2. The molecule has 3 heteroatoms. The van der Waals surface area contributed by atoms with Crippen LogP contribution in [0.4, 0.5) is 0 Å². The van der Waals surface area contributed by atoms with Crippen molar-refractivity contribution in [3.05, 3.63) is 0 Å². The molecule has 0 bridgehead atoms. The van der Waals surface area contributed by atoms with Gasteiger partial charge in [-0.1, -0.05) is 19.8 Å². The van der Waals surface area contributed by atoms with Crippen molar-refractivity contribution in [1.29, 1.82) is 0 Å². The van der Waals surface area contributed by atoms with Gasteiger partial charge in [-0.05, 0) is 39.3 Å². The lowest BCUT2D eigenvalue weighted by Crippen LogP contribution is -2.57. The van der Waals surface area contributed by atoms with Crippen LogP contribution in [0.2, 0.25) is 0 Å². The maximum atomic E-state index is 5.68. The highest BCUT2D eigenvalue weighted by Gasteiger charge is 2.34. The van der Waals surface area contributed by atoms with Crippen molar-refractivity contribution < 1.29 is 4.74 Å². The van der Waals surface area contributed by atoms with Crippen LogP contribution in [0.5, 0.6) is 0 Å². The van der Waals surface area contributed by atoms with Gasteiger partial charge in [0.15, 0.2) is 0 Å². The lowest BCUT2D eigenvalue weighted by atomic mass is 9.83. The molecule has 0 aromatic rings. The van der Waals surface area contributed by atoms with Crippen LogP contribution < -0.4 is 5.32 Å². The largest absolute Gasteiger partial charge is 0.380 e. The molecule has 1 heterocycles. The number of hydrogen-bond donors (Lipinski definition) is 1. The van der Waals surface area contributed by atoms with E-state index in [1.54, 1.807) is 0 Å². The summed E-state index contributed by atoms with van der Waals surface area (Å²) in [6.45, 7) is 4.22. The van der Waals surface area contributed by atoms with E-state index in [-0.39, 0.29) is 0 Å². The van der Waals surface area contributed by atoms with E-state index in [2.05, 4.69) is 31.2 Å². The predicted octanol–water partition coefficient (Wildman–Crippen LogP) is 1.87. The van der Waals surface area contributed by atoms with E-state index in [1.807, 2.05) is 0 Å². The Balaban J connectivity index is 1.98. The zero-order valence-corrected chi connectivity index (χ0v) is 11.6. The molecule has 100 valence electrons. The summed E-state index contributed by atoms with van der Waals surface area (Å²) in [4.78, 5) is 2.60. The fourth-order valence-corrected chi connectivity index (χ4v) is 3.61. The molecule has 1 aliphatic carbocycles. The van der Waals surface area contributed by atoms with Gasteiger partial charge in [0.2, 0.25) is 0 Å². The van der Waals surface area contributed by atoms with Crippen LogP contribution in [0.1, 0.15) is 39.0 Å². The molecule has 0 radical (unpaired) electrons. The number of ether oxygens (including phenoxy) is 1. The van der Waals surface area contributed by atoms with Gasteiger partial charge in [0.1, 0.15) is 0 Å². The van der Waals surface area contributed by atoms with Crippen molar-refractivity contribution >= 4 is 0 Å². The Labute approximate surface area is 106 Å². The Morgan fingerprint density at radius 2 is 1.88 bits per heavy atom. The minimum Gasteiger partial charge on any atom is -0.380 e. The molecule has 4 unspecified atom stereocenters. The Kier molecular flexibility index (Phi) is 4.83. The Hall–Kier alpha value is -0.120. The van der Waals surface area contributed by atoms with E-state index >= 15 is 0 Å². The van der Waals surface area contributed by atoms with Gasteiger partial charge in [-0.15, -0.1) is 0 Å². The summed E-state index contributed by atoms with van der Waals surface area (Å²) in [5.74, 6) is 0.841. The first kappa shape index (κ1) is 13.3. The monoisotopic (exact) mass is 240 g/mol. The van der Waals surface area contributed by atoms with Gasteiger partial charge < -0.3 is 10.1 Å². The fourth-order valence-electron chi connectivity index (χ4n) is 3.61. The highest BCUT2D eigenvalue weighted by atomic mass is 16.5. The Morgan fingerprint density at radius 1 is 1.12 bits per heavy atom. The van der Waals surface area contributed by atoms with E-state index in [0.29, 0.717) is 12.1 Å². The van der Waals surface area contributed by atoms with E-state index in [9.17, 15) is 0 Å². The minimum absolute atomic E-state index is 0.555. The molecular formula is C14H28N2O. The highest BCUT2D eigenvalue weighted by Crippen LogP contribution is 2.29. The second-order valence-corrected chi connectivity index (χ2v) is 5.82. The molecule has 17 heavy (non-hydrogen) atoms. The van der Waals surface area contributed by atoms with Crippen LogP contribution in [0.3, 0.4) is 0 Å². The van der Waals surface area contributed by atoms with E-state index in [0.717, 1.165) is 31.6 Å². The second-order valence-electron chi connectivity index (χ2n) is 5.82. The standard InChI is InChI=1S/C14H28N2O/c1-11-6-4-5-7-13(11)16(3)14-10-17-9-8-12(14)15-2/h11-15H,4-10H2,1-3H3. The number of nitrogens with one attached hydrogen (secondary N) is 1. The predicted molar refractivity (Wildman–Crippen MR) is 71.3 cm³/mol. The molecule has 2 rings (SSSR count). The molecule has 2 fully saturated rings. The normalized spacial score (nSPS) is 39.5. The maximum absolute atomic E-state index is 5.68. The molecule has 3 nitrogen and oxygen atoms in total. The van der Waals surface area contributed by atoms with Gasteiger partial charge in [-0.25, -0.2) is 0 Å². The maximum Gasteiger partial charge on any atom is 0.0637 e. The summed E-state index contributed by atoms with van der Waals surface area (Å²) in [6.07, 6.45) is 6.73. The van der Waals surface area contributed by atoms with E-state index in [4.69, 9.17) is 4.74 Å². The molecule has 1 saturated carbocycles. The van der Waals surface area contributed by atoms with Crippen LogP contribution in [-0.2, 0) is 4.74 Å². The lowest BCUT2D eigenvalue weighted by Gasteiger charge is -2.45. The molecular weight excluding hydrogens is 212 g/mol. The molecule has 2 aliphatic rings. The van der Waals surface area contributed by atoms with Crippen LogP contribution in [0, 0.1) is 5.92 Å². The molecule has 0 spiro atoms. The topological polar surface area (TPSA) is 24.5 Å². The lowest BCUT2D eigenvalue weighted by molar-refractivity contribution is -0.0219. The third kappa shape index (κ3) is 3.01. The van der Waals surface area contributed by atoms with Gasteiger partial charge in [0.05, 0.1) is 6.61 Å². The van der Waals surface area contributed by atoms with Gasteiger partial charge in [-0.3, -0.25) is 4.90 Å². The number of hydrogen-bond acceptors (Lipinski definition) is 3. The molecule has 0 aromatic heterocycles. The van der Waals surface area contributed by atoms with Crippen LogP contribution in [0.25, 0.3) is 0 Å². The molecule has 1 N–H and O–H groups in total. The van der Waals surface area contributed by atoms with Crippen molar-refractivity contribution in [3.8, 4) is 0 Å². The Bertz CT molecular complexity index is 234. The fraction of sp³-hybridized carbons (Fsp3) is 1.00. The summed E-state index contributed by atoms with van der Waals surface area (Å²) >= 11 is 0. The summed E-state index contributed by atoms with van der Waals surface area (Å²) in [7, 11) is 4.39. The van der Waals surface area contributed by atoms with Crippen molar-refractivity contribution in [3.63, 3.8) is 0 Å². The number of nitrogens with zero attached hydrogens (tertiary/aromatic N) is 1. The zero-order chi connectivity index (χ0) is 12.3. The van der Waals surface area contributed by atoms with Crippen molar-refractivity contribution in [1.82, 2.24) is 10.2 Å². The summed E-state index contributed by atoms with van der Waals surface area (Å²) in [5, 5.41) is 3.47. The first-order valence-electron chi connectivity index (χ1n) is 7.21. The van der Waals surface area contributed by atoms with Crippen LogP contribution in [-0.4, -0.2) is 50.3 Å². The molecule has 1 aliphatic heterocycles.